The van der Waals surface area contributed by atoms with Crippen molar-refractivity contribution in [1.29, 1.82) is 0 Å². The minimum Gasteiger partial charge on any atom is -0.466 e. The molecule has 0 aromatic carbocycles. The summed E-state index contributed by atoms with van der Waals surface area (Å²) in [4.78, 5) is 21.7. The van der Waals surface area contributed by atoms with Crippen LogP contribution in [0.15, 0.2) is 45.6 Å². The number of hydrogen-bond donors (Lipinski definition) is 0. The van der Waals surface area contributed by atoms with Gasteiger partial charge >= 0.3 is 8.25 Å². The molecule has 8 heteroatoms. The third-order valence-corrected chi connectivity index (χ3v) is 3.09. The molecule has 20 heavy (non-hydrogen) atoms. The Bertz CT molecular complexity index is 510. The van der Waals surface area contributed by atoms with Gasteiger partial charge in [0.1, 0.15) is 11.5 Å². The molecule has 0 amide bonds. The van der Waals surface area contributed by atoms with Crippen LogP contribution in [0.5, 0.6) is 0 Å². The van der Waals surface area contributed by atoms with Crippen molar-refractivity contribution in [3.05, 3.63) is 48.3 Å². The van der Waals surface area contributed by atoms with Crippen LogP contribution >= 0.6 is 8.25 Å². The molecule has 0 saturated heterocycles. The van der Waals surface area contributed by atoms with Gasteiger partial charge in [0.15, 0.2) is 12.6 Å². The van der Waals surface area contributed by atoms with Crippen LogP contribution in [0.25, 0.3) is 0 Å². The van der Waals surface area contributed by atoms with Gasteiger partial charge in [0.2, 0.25) is 12.2 Å². The highest BCUT2D eigenvalue weighted by molar-refractivity contribution is 7.33. The van der Waals surface area contributed by atoms with Crippen LogP contribution in [-0.2, 0) is 23.2 Å². The van der Waals surface area contributed by atoms with Gasteiger partial charge in [-0.15, -0.1) is 0 Å². The molecular formula is C12H10O7P+. The summed E-state index contributed by atoms with van der Waals surface area (Å²) in [5.41, 5.74) is 0. The first-order valence-corrected chi connectivity index (χ1v) is 6.62. The second-order valence-electron chi connectivity index (χ2n) is 3.58. The Hall–Kier alpha value is -2.08. The maximum absolute atomic E-state index is 11.7. The molecule has 2 aromatic heterocycles. The normalized spacial score (nSPS) is 14.5. The minimum atomic E-state index is -2.71. The van der Waals surface area contributed by atoms with Gasteiger partial charge in [-0.2, -0.15) is 0 Å². The lowest BCUT2D eigenvalue weighted by Gasteiger charge is -2.01. The lowest BCUT2D eigenvalue weighted by atomic mass is 10.3. The number of carbonyl (C=O) groups excluding carboxylic acids is 2. The van der Waals surface area contributed by atoms with Gasteiger partial charge in [0, 0.05) is 4.57 Å². The van der Waals surface area contributed by atoms with Crippen LogP contribution in [0.3, 0.4) is 0 Å². The summed E-state index contributed by atoms with van der Waals surface area (Å²) in [5.74, 6) is 0.375. The molecule has 0 radical (unpaired) electrons. The van der Waals surface area contributed by atoms with Crippen molar-refractivity contribution >= 4 is 20.8 Å². The molecule has 7 nitrogen and oxygen atoms in total. The van der Waals surface area contributed by atoms with Crippen LogP contribution < -0.4 is 0 Å². The van der Waals surface area contributed by atoms with Crippen molar-refractivity contribution < 1.29 is 32.0 Å². The molecule has 0 aliphatic heterocycles. The number of hydrogen-bond acceptors (Lipinski definition) is 7. The first-order chi connectivity index (χ1) is 9.74. The van der Waals surface area contributed by atoms with Crippen molar-refractivity contribution in [2.75, 3.05) is 0 Å². The largest absolute Gasteiger partial charge is 0.699 e. The molecule has 0 N–H and O–H groups in total. The number of carbonyl (C=O) groups is 2. The van der Waals surface area contributed by atoms with Gasteiger partial charge in [-0.1, -0.05) is 9.05 Å². The first-order valence-electron chi connectivity index (χ1n) is 5.52. The van der Waals surface area contributed by atoms with E-state index in [1.165, 1.54) is 24.7 Å². The van der Waals surface area contributed by atoms with Crippen molar-refractivity contribution in [3.8, 4) is 0 Å². The molecule has 0 saturated carbocycles. The van der Waals surface area contributed by atoms with Gasteiger partial charge in [-0.05, 0) is 24.3 Å². The highest BCUT2D eigenvalue weighted by Gasteiger charge is 2.35. The quantitative estimate of drug-likeness (QED) is 0.546. The molecule has 2 heterocycles. The maximum Gasteiger partial charge on any atom is 0.699 e. The molecule has 2 aromatic rings. The Balaban J connectivity index is 1.97. The highest BCUT2D eigenvalue weighted by Crippen LogP contribution is 2.37. The molecule has 2 rings (SSSR count). The zero-order chi connectivity index (χ0) is 14.4. The van der Waals surface area contributed by atoms with Gasteiger partial charge in [0.05, 0.1) is 12.5 Å². The second kappa shape index (κ2) is 6.91. The Morgan fingerprint density at radius 2 is 1.40 bits per heavy atom. The molecule has 0 aliphatic carbocycles. The molecule has 104 valence electrons. The third kappa shape index (κ3) is 3.48. The fourth-order valence-corrected chi connectivity index (χ4v) is 2.13. The van der Waals surface area contributed by atoms with E-state index < -0.39 is 20.5 Å². The van der Waals surface area contributed by atoms with Crippen molar-refractivity contribution in [3.63, 3.8) is 0 Å². The molecule has 2 unspecified atom stereocenters. The number of furan rings is 2. The fourth-order valence-electron chi connectivity index (χ4n) is 1.40. The average molecular weight is 297 g/mol. The molecule has 0 spiro atoms. The average Bonchev–Trinajstić information content (AvgIpc) is 3.14. The number of rotatable bonds is 8. The summed E-state index contributed by atoms with van der Waals surface area (Å²) in [7, 11) is -2.71. The maximum atomic E-state index is 11.7. The molecule has 0 fully saturated rings. The molecule has 0 bridgehead atoms. The van der Waals surface area contributed by atoms with E-state index in [1.54, 1.807) is 12.1 Å². The van der Waals surface area contributed by atoms with Gasteiger partial charge in [-0.3, -0.25) is 9.59 Å². The van der Waals surface area contributed by atoms with Crippen molar-refractivity contribution in [1.82, 2.24) is 0 Å². The van der Waals surface area contributed by atoms with E-state index >= 15 is 0 Å². The zero-order valence-corrected chi connectivity index (χ0v) is 11.0. The van der Waals surface area contributed by atoms with Crippen LogP contribution in [0, 0.1) is 0 Å². The zero-order valence-electron chi connectivity index (χ0n) is 10.1. The summed E-state index contributed by atoms with van der Waals surface area (Å²) < 4.78 is 31.4. The summed E-state index contributed by atoms with van der Waals surface area (Å²) in [6, 6.07) is 6.10. The van der Waals surface area contributed by atoms with Crippen molar-refractivity contribution in [2.45, 2.75) is 12.2 Å². The third-order valence-electron chi connectivity index (χ3n) is 2.29. The van der Waals surface area contributed by atoms with Crippen molar-refractivity contribution in [2.24, 2.45) is 0 Å². The molecule has 2 atom stereocenters. The van der Waals surface area contributed by atoms with Gasteiger partial charge in [-0.25, -0.2) is 0 Å². The van der Waals surface area contributed by atoms with E-state index in [0.717, 1.165) is 0 Å². The van der Waals surface area contributed by atoms with Crippen LogP contribution in [-0.4, -0.2) is 12.6 Å². The standard InChI is InChI=1S/C12H10O7P/c13-7-11(9-3-1-5-16-9)18-20(15)19-12(8-14)10-4-2-6-17-10/h1-8,11-12H/q+1. The van der Waals surface area contributed by atoms with E-state index in [-0.39, 0.29) is 11.5 Å². The first kappa shape index (κ1) is 14.3. The van der Waals surface area contributed by atoms with Crippen LogP contribution in [0.1, 0.15) is 23.7 Å². The predicted octanol–water partition coefficient (Wildman–Crippen LogP) is 2.74. The highest BCUT2D eigenvalue weighted by atomic mass is 31.1. The van der Waals surface area contributed by atoms with E-state index in [4.69, 9.17) is 17.9 Å². The van der Waals surface area contributed by atoms with E-state index in [0.29, 0.717) is 12.6 Å². The van der Waals surface area contributed by atoms with Gasteiger partial charge in [0.25, 0.3) is 0 Å². The fraction of sp³-hybridized carbons (Fsp3) is 0.167. The summed E-state index contributed by atoms with van der Waals surface area (Å²) in [6.07, 6.45) is 1.19. The lowest BCUT2D eigenvalue weighted by Crippen LogP contribution is -2.04. The lowest BCUT2D eigenvalue weighted by molar-refractivity contribution is -0.116. The Kier molecular flexibility index (Phi) is 4.95. The Morgan fingerprint density at radius 3 is 1.70 bits per heavy atom. The van der Waals surface area contributed by atoms with Crippen LogP contribution in [0.2, 0.25) is 0 Å². The summed E-state index contributed by atoms with van der Waals surface area (Å²) >= 11 is 0. The van der Waals surface area contributed by atoms with E-state index in [2.05, 4.69) is 0 Å². The van der Waals surface area contributed by atoms with E-state index in [1.807, 2.05) is 0 Å². The van der Waals surface area contributed by atoms with Crippen LogP contribution in [0.4, 0.5) is 0 Å². The molecular weight excluding hydrogens is 287 g/mol. The summed E-state index contributed by atoms with van der Waals surface area (Å²) in [6.45, 7) is 0. The topological polar surface area (TPSA) is 96.0 Å². The predicted molar refractivity (Wildman–Crippen MR) is 64.8 cm³/mol. The molecule has 0 aliphatic rings. The van der Waals surface area contributed by atoms with E-state index in [9.17, 15) is 14.2 Å². The second-order valence-corrected chi connectivity index (χ2v) is 4.45. The minimum absolute atomic E-state index is 0.188. The summed E-state index contributed by atoms with van der Waals surface area (Å²) in [5, 5.41) is 0. The van der Waals surface area contributed by atoms with Gasteiger partial charge < -0.3 is 8.83 Å². The Labute approximate surface area is 114 Å². The Morgan fingerprint density at radius 1 is 0.950 bits per heavy atom. The monoisotopic (exact) mass is 297 g/mol. The SMILES string of the molecule is O=CC(O[P+](=O)OC(C=O)c1ccco1)c1ccco1. The smallest absolute Gasteiger partial charge is 0.466 e. The number of aldehydes is 2.